The van der Waals surface area contributed by atoms with E-state index in [4.69, 9.17) is 5.26 Å². The lowest BCUT2D eigenvalue weighted by Crippen LogP contribution is -1.93. The van der Waals surface area contributed by atoms with Crippen molar-refractivity contribution in [3.63, 3.8) is 0 Å². The molecule has 0 aliphatic rings. The van der Waals surface area contributed by atoms with Crippen LogP contribution in [0.25, 0.3) is 16.8 Å². The maximum absolute atomic E-state index is 8.80. The second-order valence-corrected chi connectivity index (χ2v) is 4.70. The van der Waals surface area contributed by atoms with Gasteiger partial charge < -0.3 is 0 Å². The summed E-state index contributed by atoms with van der Waals surface area (Å²) in [6, 6.07) is 17.9. The van der Waals surface area contributed by atoms with Crippen molar-refractivity contribution in [2.45, 2.75) is 6.92 Å². The molecule has 0 saturated carbocycles. The first-order chi connectivity index (χ1) is 9.76. The molecule has 96 valence electrons. The van der Waals surface area contributed by atoms with Gasteiger partial charge in [0.2, 0.25) is 0 Å². The summed E-state index contributed by atoms with van der Waals surface area (Å²) in [6.07, 6.45) is 3.84. The fourth-order valence-electron chi connectivity index (χ4n) is 2.05. The molecular weight excluding hydrogens is 246 g/mol. The zero-order valence-corrected chi connectivity index (χ0v) is 11.1. The second-order valence-electron chi connectivity index (χ2n) is 4.70. The van der Waals surface area contributed by atoms with E-state index in [9.17, 15) is 0 Å². The number of benzene rings is 2. The van der Waals surface area contributed by atoms with E-state index in [1.54, 1.807) is 12.1 Å². The van der Waals surface area contributed by atoms with Gasteiger partial charge in [-0.05, 0) is 36.8 Å². The van der Waals surface area contributed by atoms with Gasteiger partial charge in [-0.3, -0.25) is 0 Å². The second kappa shape index (κ2) is 5.02. The van der Waals surface area contributed by atoms with Gasteiger partial charge in [0.25, 0.3) is 0 Å². The van der Waals surface area contributed by atoms with E-state index >= 15 is 0 Å². The number of nitriles is 1. The summed E-state index contributed by atoms with van der Waals surface area (Å²) in [5.41, 5.74) is 5.07. The van der Waals surface area contributed by atoms with Gasteiger partial charge in [-0.2, -0.15) is 10.4 Å². The summed E-state index contributed by atoms with van der Waals surface area (Å²) in [5.74, 6) is 0. The number of hydrogen-bond donors (Lipinski definition) is 0. The van der Waals surface area contributed by atoms with Crippen LogP contribution in [-0.4, -0.2) is 9.78 Å². The molecule has 3 nitrogen and oxygen atoms in total. The first-order valence-electron chi connectivity index (χ1n) is 6.38. The van der Waals surface area contributed by atoms with Crippen molar-refractivity contribution in [1.29, 1.82) is 5.26 Å². The van der Waals surface area contributed by atoms with Crippen molar-refractivity contribution in [2.75, 3.05) is 0 Å². The summed E-state index contributed by atoms with van der Waals surface area (Å²) < 4.78 is 1.82. The van der Waals surface area contributed by atoms with Gasteiger partial charge in [0.1, 0.15) is 0 Å². The molecule has 3 rings (SSSR count). The summed E-state index contributed by atoms with van der Waals surface area (Å²) in [7, 11) is 0. The molecule has 0 saturated heterocycles. The van der Waals surface area contributed by atoms with Crippen molar-refractivity contribution in [2.24, 2.45) is 0 Å². The standard InChI is InChI=1S/C17H13N3/c1-13-2-6-15(7-3-13)16-11-19-20(12-16)17-8-4-14(10-18)5-9-17/h2-9,11-12H,1H3. The maximum atomic E-state index is 8.80. The van der Waals surface area contributed by atoms with Gasteiger partial charge in [-0.15, -0.1) is 0 Å². The molecule has 0 bridgehead atoms. The molecule has 0 aliphatic carbocycles. The lowest BCUT2D eigenvalue weighted by molar-refractivity contribution is 0.880. The summed E-state index contributed by atoms with van der Waals surface area (Å²) in [5, 5.41) is 13.2. The summed E-state index contributed by atoms with van der Waals surface area (Å²) >= 11 is 0. The predicted octanol–water partition coefficient (Wildman–Crippen LogP) is 3.72. The Labute approximate surface area is 117 Å². The molecule has 0 amide bonds. The monoisotopic (exact) mass is 259 g/mol. The van der Waals surface area contributed by atoms with Gasteiger partial charge >= 0.3 is 0 Å². The summed E-state index contributed by atoms with van der Waals surface area (Å²) in [6.45, 7) is 2.07. The molecule has 0 radical (unpaired) electrons. The van der Waals surface area contributed by atoms with Crippen LogP contribution in [-0.2, 0) is 0 Å². The van der Waals surface area contributed by atoms with Gasteiger partial charge in [0, 0.05) is 11.8 Å². The molecule has 3 heteroatoms. The molecule has 1 heterocycles. The third-order valence-electron chi connectivity index (χ3n) is 3.23. The fraction of sp³-hybridized carbons (Fsp3) is 0.0588. The molecular formula is C17H13N3. The Morgan fingerprint density at radius 3 is 2.30 bits per heavy atom. The van der Waals surface area contributed by atoms with E-state index in [1.165, 1.54) is 5.56 Å². The number of aryl methyl sites for hydroxylation is 1. The van der Waals surface area contributed by atoms with Crippen LogP contribution in [0.5, 0.6) is 0 Å². The number of nitrogens with zero attached hydrogens (tertiary/aromatic N) is 3. The highest BCUT2D eigenvalue weighted by Crippen LogP contribution is 2.20. The smallest absolute Gasteiger partial charge is 0.0991 e. The molecule has 3 aromatic rings. The quantitative estimate of drug-likeness (QED) is 0.703. The van der Waals surface area contributed by atoms with Crippen molar-refractivity contribution in [3.05, 3.63) is 72.1 Å². The lowest BCUT2D eigenvalue weighted by Gasteiger charge is -2.01. The average Bonchev–Trinajstić information content (AvgIpc) is 2.98. The van der Waals surface area contributed by atoms with Crippen LogP contribution >= 0.6 is 0 Å². The molecule has 1 aromatic heterocycles. The minimum absolute atomic E-state index is 0.652. The maximum Gasteiger partial charge on any atom is 0.0991 e. The number of hydrogen-bond acceptors (Lipinski definition) is 2. The Morgan fingerprint density at radius 1 is 0.950 bits per heavy atom. The van der Waals surface area contributed by atoms with Gasteiger partial charge in [0.05, 0.1) is 23.5 Å². The molecule has 20 heavy (non-hydrogen) atoms. The number of rotatable bonds is 2. The van der Waals surface area contributed by atoms with E-state index in [1.807, 2.05) is 29.2 Å². The average molecular weight is 259 g/mol. The molecule has 0 N–H and O–H groups in total. The van der Waals surface area contributed by atoms with Crippen molar-refractivity contribution >= 4 is 0 Å². The van der Waals surface area contributed by atoms with Crippen molar-refractivity contribution < 1.29 is 0 Å². The fourth-order valence-corrected chi connectivity index (χ4v) is 2.05. The van der Waals surface area contributed by atoms with Crippen LogP contribution in [0.2, 0.25) is 0 Å². The Bertz CT molecular complexity index is 759. The molecule has 0 atom stereocenters. The Morgan fingerprint density at radius 2 is 1.65 bits per heavy atom. The molecule has 0 aliphatic heterocycles. The van der Waals surface area contributed by atoms with Gasteiger partial charge in [-0.1, -0.05) is 29.8 Å². The highest BCUT2D eigenvalue weighted by molar-refractivity contribution is 5.62. The molecule has 0 unspecified atom stereocenters. The Kier molecular flexibility index (Phi) is 3.06. The lowest BCUT2D eigenvalue weighted by atomic mass is 10.1. The van der Waals surface area contributed by atoms with E-state index in [0.717, 1.165) is 16.8 Å². The van der Waals surface area contributed by atoms with Crippen LogP contribution in [0.1, 0.15) is 11.1 Å². The first-order valence-corrected chi connectivity index (χ1v) is 6.38. The summed E-state index contributed by atoms with van der Waals surface area (Å²) in [4.78, 5) is 0. The van der Waals surface area contributed by atoms with Gasteiger partial charge in [-0.25, -0.2) is 4.68 Å². The van der Waals surface area contributed by atoms with Crippen LogP contribution in [0.4, 0.5) is 0 Å². The zero-order valence-electron chi connectivity index (χ0n) is 11.1. The topological polar surface area (TPSA) is 41.6 Å². The van der Waals surface area contributed by atoms with E-state index < -0.39 is 0 Å². The van der Waals surface area contributed by atoms with Crippen LogP contribution < -0.4 is 0 Å². The third kappa shape index (κ3) is 2.32. The molecule has 0 spiro atoms. The highest BCUT2D eigenvalue weighted by Gasteiger charge is 2.03. The molecule has 2 aromatic carbocycles. The molecule has 0 fully saturated rings. The van der Waals surface area contributed by atoms with Crippen LogP contribution in [0.3, 0.4) is 0 Å². The zero-order chi connectivity index (χ0) is 13.9. The minimum Gasteiger partial charge on any atom is -0.240 e. The Hall–Kier alpha value is -2.86. The van der Waals surface area contributed by atoms with Crippen molar-refractivity contribution in [3.8, 4) is 22.9 Å². The first kappa shape index (κ1) is 12.2. The minimum atomic E-state index is 0.652. The van der Waals surface area contributed by atoms with Crippen molar-refractivity contribution in [1.82, 2.24) is 9.78 Å². The number of aromatic nitrogens is 2. The predicted molar refractivity (Wildman–Crippen MR) is 78.5 cm³/mol. The normalized spacial score (nSPS) is 10.2. The van der Waals surface area contributed by atoms with Crippen LogP contribution in [0.15, 0.2) is 60.9 Å². The Balaban J connectivity index is 1.93. The highest BCUT2D eigenvalue weighted by atomic mass is 15.3. The van der Waals surface area contributed by atoms with Gasteiger partial charge in [0.15, 0.2) is 0 Å². The van der Waals surface area contributed by atoms with E-state index in [-0.39, 0.29) is 0 Å². The third-order valence-corrected chi connectivity index (χ3v) is 3.23. The SMILES string of the molecule is Cc1ccc(-c2cnn(-c3ccc(C#N)cc3)c2)cc1. The largest absolute Gasteiger partial charge is 0.240 e. The van der Waals surface area contributed by atoms with E-state index in [2.05, 4.69) is 42.4 Å². The van der Waals surface area contributed by atoms with E-state index in [0.29, 0.717) is 5.56 Å². The van der Waals surface area contributed by atoms with Crippen LogP contribution in [0, 0.1) is 18.3 Å².